The zero-order valence-electron chi connectivity index (χ0n) is 13.7. The maximum Gasteiger partial charge on any atom is 0.164 e. The molecular weight excluding hydrogens is 284 g/mol. The van der Waals surface area contributed by atoms with Crippen LogP contribution in [0, 0.1) is 6.92 Å². The van der Waals surface area contributed by atoms with E-state index in [0.29, 0.717) is 6.42 Å². The molecule has 23 heavy (non-hydrogen) atoms. The molecule has 3 heteroatoms. The van der Waals surface area contributed by atoms with Crippen molar-refractivity contribution >= 4 is 11.5 Å². The second kappa shape index (κ2) is 7.42. The fourth-order valence-electron chi connectivity index (χ4n) is 3.16. The lowest BCUT2D eigenvalue weighted by Gasteiger charge is -2.36. The number of para-hydroxylation sites is 1. The molecule has 0 radical (unpaired) electrons. The number of benzene rings is 2. The molecule has 0 spiro atoms. The molecule has 0 saturated carbocycles. The van der Waals surface area contributed by atoms with E-state index in [0.717, 1.165) is 38.3 Å². The molecule has 0 amide bonds. The molecule has 0 unspecified atom stereocenters. The fraction of sp³-hybridized carbons (Fsp3) is 0.350. The number of carbonyl (C=O) groups excluding carboxylic acids is 1. The van der Waals surface area contributed by atoms with Crippen molar-refractivity contribution in [2.75, 3.05) is 37.6 Å². The van der Waals surface area contributed by atoms with Crippen molar-refractivity contribution in [1.29, 1.82) is 0 Å². The molecule has 0 N–H and O–H groups in total. The average Bonchev–Trinajstić information content (AvgIpc) is 2.61. The third-order valence-electron chi connectivity index (χ3n) is 4.58. The Bertz CT molecular complexity index is 646. The van der Waals surface area contributed by atoms with Crippen LogP contribution in [-0.4, -0.2) is 43.4 Å². The van der Waals surface area contributed by atoms with Gasteiger partial charge in [0, 0.05) is 50.4 Å². The molecule has 1 aliphatic rings. The van der Waals surface area contributed by atoms with Crippen LogP contribution < -0.4 is 4.90 Å². The van der Waals surface area contributed by atoms with Crippen LogP contribution >= 0.6 is 0 Å². The van der Waals surface area contributed by atoms with Gasteiger partial charge in [0.1, 0.15) is 0 Å². The standard InChI is InChI=1S/C20H24N2O/c1-17-7-5-6-10-19(17)22-15-13-21(14-16-22)12-11-20(23)18-8-3-2-4-9-18/h2-10H,11-16H2,1H3. The molecule has 0 aromatic heterocycles. The van der Waals surface area contributed by atoms with E-state index in [1.807, 2.05) is 30.3 Å². The number of piperazine rings is 1. The number of hydrogen-bond donors (Lipinski definition) is 0. The van der Waals surface area contributed by atoms with Crippen molar-refractivity contribution in [3.8, 4) is 0 Å². The zero-order valence-corrected chi connectivity index (χ0v) is 13.7. The summed E-state index contributed by atoms with van der Waals surface area (Å²) < 4.78 is 0. The van der Waals surface area contributed by atoms with E-state index < -0.39 is 0 Å². The monoisotopic (exact) mass is 308 g/mol. The molecular formula is C20H24N2O. The largest absolute Gasteiger partial charge is 0.369 e. The van der Waals surface area contributed by atoms with Crippen LogP contribution in [0.15, 0.2) is 54.6 Å². The predicted molar refractivity (Wildman–Crippen MR) is 95.2 cm³/mol. The first-order valence-corrected chi connectivity index (χ1v) is 8.35. The van der Waals surface area contributed by atoms with Gasteiger partial charge in [-0.05, 0) is 18.6 Å². The molecule has 2 aromatic carbocycles. The van der Waals surface area contributed by atoms with Crippen LogP contribution in [0.5, 0.6) is 0 Å². The summed E-state index contributed by atoms with van der Waals surface area (Å²) in [7, 11) is 0. The molecule has 2 aromatic rings. The van der Waals surface area contributed by atoms with Gasteiger partial charge in [0.2, 0.25) is 0 Å². The van der Waals surface area contributed by atoms with E-state index >= 15 is 0 Å². The number of nitrogens with zero attached hydrogens (tertiary/aromatic N) is 2. The van der Waals surface area contributed by atoms with Gasteiger partial charge in [-0.15, -0.1) is 0 Å². The smallest absolute Gasteiger partial charge is 0.164 e. The highest BCUT2D eigenvalue weighted by Crippen LogP contribution is 2.20. The summed E-state index contributed by atoms with van der Waals surface area (Å²) in [6.07, 6.45) is 0.606. The van der Waals surface area contributed by atoms with Crippen molar-refractivity contribution < 1.29 is 4.79 Å². The molecule has 1 heterocycles. The highest BCUT2D eigenvalue weighted by Gasteiger charge is 2.18. The van der Waals surface area contributed by atoms with Gasteiger partial charge >= 0.3 is 0 Å². The molecule has 0 atom stereocenters. The van der Waals surface area contributed by atoms with E-state index in [-0.39, 0.29) is 5.78 Å². The minimum absolute atomic E-state index is 0.243. The molecule has 120 valence electrons. The lowest BCUT2D eigenvalue weighted by Crippen LogP contribution is -2.47. The number of anilines is 1. The lowest BCUT2D eigenvalue weighted by molar-refractivity contribution is 0.0962. The first kappa shape index (κ1) is 15.8. The summed E-state index contributed by atoms with van der Waals surface area (Å²) in [6.45, 7) is 7.14. The normalized spacial score (nSPS) is 15.6. The fourth-order valence-corrected chi connectivity index (χ4v) is 3.16. The minimum Gasteiger partial charge on any atom is -0.369 e. The van der Waals surface area contributed by atoms with Crippen molar-refractivity contribution in [3.05, 3.63) is 65.7 Å². The second-order valence-electron chi connectivity index (χ2n) is 6.15. The maximum absolute atomic E-state index is 12.2. The Hall–Kier alpha value is -2.13. The minimum atomic E-state index is 0.243. The van der Waals surface area contributed by atoms with E-state index in [9.17, 15) is 4.79 Å². The molecule has 3 rings (SSSR count). The number of Topliss-reactive ketones (excluding diaryl/α,β-unsaturated/α-hetero) is 1. The van der Waals surface area contributed by atoms with Crippen LogP contribution in [0.2, 0.25) is 0 Å². The molecule has 3 nitrogen and oxygen atoms in total. The average molecular weight is 308 g/mol. The van der Waals surface area contributed by atoms with Gasteiger partial charge in [-0.1, -0.05) is 48.5 Å². The summed E-state index contributed by atoms with van der Waals surface area (Å²) in [5.41, 5.74) is 3.50. The van der Waals surface area contributed by atoms with E-state index in [2.05, 4.69) is 41.0 Å². The van der Waals surface area contributed by atoms with Gasteiger partial charge in [0.15, 0.2) is 5.78 Å². The van der Waals surface area contributed by atoms with Gasteiger partial charge in [0.25, 0.3) is 0 Å². The van der Waals surface area contributed by atoms with Gasteiger partial charge in [0.05, 0.1) is 0 Å². The zero-order chi connectivity index (χ0) is 16.1. The third kappa shape index (κ3) is 3.99. The predicted octanol–water partition coefficient (Wildman–Crippen LogP) is 3.39. The van der Waals surface area contributed by atoms with Crippen LogP contribution in [0.4, 0.5) is 5.69 Å². The van der Waals surface area contributed by atoms with Crippen molar-refractivity contribution in [2.24, 2.45) is 0 Å². The Morgan fingerprint density at radius 2 is 1.57 bits per heavy atom. The summed E-state index contributed by atoms with van der Waals surface area (Å²) in [4.78, 5) is 17.0. The number of rotatable bonds is 5. The summed E-state index contributed by atoms with van der Waals surface area (Å²) in [6, 6.07) is 18.2. The van der Waals surface area contributed by atoms with E-state index in [1.54, 1.807) is 0 Å². The van der Waals surface area contributed by atoms with Crippen molar-refractivity contribution in [2.45, 2.75) is 13.3 Å². The summed E-state index contributed by atoms with van der Waals surface area (Å²) in [5, 5.41) is 0. The van der Waals surface area contributed by atoms with Gasteiger partial charge < -0.3 is 4.90 Å². The van der Waals surface area contributed by atoms with Gasteiger partial charge in [-0.25, -0.2) is 0 Å². The molecule has 1 aliphatic heterocycles. The second-order valence-corrected chi connectivity index (χ2v) is 6.15. The molecule has 0 bridgehead atoms. The quantitative estimate of drug-likeness (QED) is 0.791. The molecule has 0 aliphatic carbocycles. The maximum atomic E-state index is 12.2. The lowest BCUT2D eigenvalue weighted by atomic mass is 10.1. The Morgan fingerprint density at radius 3 is 2.26 bits per heavy atom. The van der Waals surface area contributed by atoms with Crippen LogP contribution in [0.25, 0.3) is 0 Å². The SMILES string of the molecule is Cc1ccccc1N1CCN(CCC(=O)c2ccccc2)CC1. The Kier molecular flexibility index (Phi) is 5.09. The first-order chi connectivity index (χ1) is 11.2. The topological polar surface area (TPSA) is 23.6 Å². The van der Waals surface area contributed by atoms with E-state index in [4.69, 9.17) is 0 Å². The van der Waals surface area contributed by atoms with Crippen molar-refractivity contribution in [3.63, 3.8) is 0 Å². The number of aryl methyl sites for hydroxylation is 1. The van der Waals surface area contributed by atoms with Crippen LogP contribution in [0.3, 0.4) is 0 Å². The summed E-state index contributed by atoms with van der Waals surface area (Å²) >= 11 is 0. The first-order valence-electron chi connectivity index (χ1n) is 8.35. The molecule has 1 saturated heterocycles. The Labute approximate surface area is 138 Å². The van der Waals surface area contributed by atoms with Crippen molar-refractivity contribution in [1.82, 2.24) is 4.90 Å². The third-order valence-corrected chi connectivity index (χ3v) is 4.58. The van der Waals surface area contributed by atoms with Gasteiger partial charge in [-0.2, -0.15) is 0 Å². The van der Waals surface area contributed by atoms with Crippen LogP contribution in [-0.2, 0) is 0 Å². The number of ketones is 1. The highest BCUT2D eigenvalue weighted by atomic mass is 16.1. The molecule has 1 fully saturated rings. The van der Waals surface area contributed by atoms with E-state index in [1.165, 1.54) is 11.3 Å². The number of hydrogen-bond acceptors (Lipinski definition) is 3. The Balaban J connectivity index is 1.48. The van der Waals surface area contributed by atoms with Gasteiger partial charge in [-0.3, -0.25) is 9.69 Å². The number of carbonyl (C=O) groups is 1. The highest BCUT2D eigenvalue weighted by molar-refractivity contribution is 5.96. The Morgan fingerprint density at radius 1 is 0.913 bits per heavy atom. The summed E-state index contributed by atoms with van der Waals surface area (Å²) in [5.74, 6) is 0.243. The van der Waals surface area contributed by atoms with Crippen LogP contribution in [0.1, 0.15) is 22.3 Å².